The Balaban J connectivity index is 1.26. The van der Waals surface area contributed by atoms with Crippen LogP contribution in [0.5, 0.6) is 5.75 Å². The van der Waals surface area contributed by atoms with E-state index in [9.17, 15) is 9.59 Å². The van der Waals surface area contributed by atoms with Crippen molar-refractivity contribution in [3.8, 4) is 17.1 Å². The second-order valence-electron chi connectivity index (χ2n) is 7.84. The molecule has 32 heavy (non-hydrogen) atoms. The summed E-state index contributed by atoms with van der Waals surface area (Å²) in [6, 6.07) is 8.83. The van der Waals surface area contributed by atoms with Crippen LogP contribution in [0.25, 0.3) is 11.4 Å². The Morgan fingerprint density at radius 2 is 1.91 bits per heavy atom. The molecule has 8 nitrogen and oxygen atoms in total. The van der Waals surface area contributed by atoms with Gasteiger partial charge in [-0.1, -0.05) is 5.16 Å². The number of carbonyl (C=O) groups is 2. The van der Waals surface area contributed by atoms with Gasteiger partial charge in [-0.05, 0) is 68.8 Å². The van der Waals surface area contributed by atoms with Crippen LogP contribution in [0.1, 0.15) is 49.4 Å². The summed E-state index contributed by atoms with van der Waals surface area (Å²) in [6.07, 6.45) is 3.18. The molecule has 1 aliphatic heterocycles. The Morgan fingerprint density at radius 1 is 1.16 bits per heavy atom. The fourth-order valence-corrected chi connectivity index (χ4v) is 4.49. The van der Waals surface area contributed by atoms with Crippen LogP contribution in [0.3, 0.4) is 0 Å². The maximum absolute atomic E-state index is 12.6. The van der Waals surface area contributed by atoms with E-state index in [0.29, 0.717) is 17.1 Å². The average Bonchev–Trinajstić information content (AvgIpc) is 3.48. The SMILES string of the molecule is CC1CCCC(C)N1C(=O)COc1ccc(C(=O)OCc2nc(-c3ccsc3)no2)cc1. The minimum Gasteiger partial charge on any atom is -0.484 e. The molecule has 0 saturated carbocycles. The van der Waals surface area contributed by atoms with Gasteiger partial charge in [0.15, 0.2) is 13.2 Å². The van der Waals surface area contributed by atoms with Crippen LogP contribution in [-0.4, -0.2) is 45.6 Å². The van der Waals surface area contributed by atoms with Crippen LogP contribution >= 0.6 is 11.3 Å². The Hall–Kier alpha value is -3.20. The van der Waals surface area contributed by atoms with Gasteiger partial charge in [0.25, 0.3) is 11.8 Å². The lowest BCUT2D eigenvalue weighted by Gasteiger charge is -2.38. The minimum absolute atomic E-state index is 0.0189. The lowest BCUT2D eigenvalue weighted by Crippen LogP contribution is -2.49. The van der Waals surface area contributed by atoms with E-state index in [2.05, 4.69) is 24.0 Å². The Labute approximate surface area is 190 Å². The van der Waals surface area contributed by atoms with Crippen LogP contribution in [0.15, 0.2) is 45.6 Å². The van der Waals surface area contributed by atoms with E-state index in [0.717, 1.165) is 24.8 Å². The van der Waals surface area contributed by atoms with Crippen molar-refractivity contribution in [1.82, 2.24) is 15.0 Å². The molecule has 3 heterocycles. The third-order valence-corrected chi connectivity index (χ3v) is 6.19. The Bertz CT molecular complexity index is 1040. The molecule has 4 rings (SSSR count). The van der Waals surface area contributed by atoms with E-state index in [1.807, 2.05) is 21.7 Å². The topological polar surface area (TPSA) is 94.8 Å². The van der Waals surface area contributed by atoms with Crippen molar-refractivity contribution in [3.63, 3.8) is 0 Å². The van der Waals surface area contributed by atoms with Gasteiger partial charge in [-0.2, -0.15) is 16.3 Å². The summed E-state index contributed by atoms with van der Waals surface area (Å²) >= 11 is 1.53. The summed E-state index contributed by atoms with van der Waals surface area (Å²) in [5.41, 5.74) is 1.22. The summed E-state index contributed by atoms with van der Waals surface area (Å²) in [4.78, 5) is 31.0. The number of hydrogen-bond acceptors (Lipinski definition) is 8. The zero-order valence-electron chi connectivity index (χ0n) is 18.0. The summed E-state index contributed by atoms with van der Waals surface area (Å²) in [6.45, 7) is 4.01. The molecule has 1 fully saturated rings. The van der Waals surface area contributed by atoms with Gasteiger partial charge < -0.3 is 18.9 Å². The van der Waals surface area contributed by atoms with Gasteiger partial charge >= 0.3 is 5.97 Å². The molecule has 0 spiro atoms. The maximum atomic E-state index is 12.6. The zero-order valence-corrected chi connectivity index (χ0v) is 18.8. The van der Waals surface area contributed by atoms with Crippen molar-refractivity contribution in [1.29, 1.82) is 0 Å². The number of carbonyl (C=O) groups excluding carboxylic acids is 2. The van der Waals surface area contributed by atoms with Gasteiger partial charge in [0.1, 0.15) is 5.75 Å². The number of amides is 1. The van der Waals surface area contributed by atoms with Crippen molar-refractivity contribution in [2.45, 2.75) is 51.8 Å². The highest BCUT2D eigenvalue weighted by molar-refractivity contribution is 7.08. The number of thiophene rings is 1. The van der Waals surface area contributed by atoms with Crippen molar-refractivity contribution in [2.24, 2.45) is 0 Å². The van der Waals surface area contributed by atoms with Crippen LogP contribution < -0.4 is 4.74 Å². The van der Waals surface area contributed by atoms with Crippen LogP contribution in [0.2, 0.25) is 0 Å². The van der Waals surface area contributed by atoms with E-state index in [4.69, 9.17) is 14.0 Å². The molecule has 0 radical (unpaired) electrons. The monoisotopic (exact) mass is 455 g/mol. The molecule has 0 aliphatic carbocycles. The second-order valence-corrected chi connectivity index (χ2v) is 8.62. The highest BCUT2D eigenvalue weighted by Gasteiger charge is 2.29. The highest BCUT2D eigenvalue weighted by Crippen LogP contribution is 2.23. The smallest absolute Gasteiger partial charge is 0.338 e. The standard InChI is InChI=1S/C23H25N3O5S/c1-15-4-3-5-16(2)26(15)21(27)13-29-19-8-6-17(7-9-19)23(28)30-12-20-24-22(25-31-20)18-10-11-32-14-18/h6-11,14-16H,3-5,12-13H2,1-2H3. The first-order chi connectivity index (χ1) is 15.5. The van der Waals surface area contributed by atoms with Crippen molar-refractivity contribution in [2.75, 3.05) is 6.61 Å². The van der Waals surface area contributed by atoms with Crippen LogP contribution in [0.4, 0.5) is 0 Å². The molecule has 1 aromatic carbocycles. The number of piperidine rings is 1. The molecule has 3 aromatic rings. The molecule has 0 N–H and O–H groups in total. The van der Waals surface area contributed by atoms with Crippen molar-refractivity contribution < 1.29 is 23.6 Å². The molecule has 1 saturated heterocycles. The van der Waals surface area contributed by atoms with Gasteiger partial charge in [-0.3, -0.25) is 4.79 Å². The molecule has 9 heteroatoms. The van der Waals surface area contributed by atoms with E-state index in [1.54, 1.807) is 24.3 Å². The summed E-state index contributed by atoms with van der Waals surface area (Å²) in [5, 5.41) is 7.71. The van der Waals surface area contributed by atoms with E-state index in [-0.39, 0.29) is 37.1 Å². The number of hydrogen-bond donors (Lipinski definition) is 0. The fourth-order valence-electron chi connectivity index (χ4n) is 3.85. The number of ether oxygens (including phenoxy) is 2. The quantitative estimate of drug-likeness (QED) is 0.490. The highest BCUT2D eigenvalue weighted by atomic mass is 32.1. The van der Waals surface area contributed by atoms with E-state index in [1.165, 1.54) is 11.3 Å². The molecule has 2 aromatic heterocycles. The van der Waals surface area contributed by atoms with Gasteiger partial charge in [0.2, 0.25) is 5.82 Å². The number of rotatable bonds is 7. The lowest BCUT2D eigenvalue weighted by molar-refractivity contribution is -0.139. The van der Waals surface area contributed by atoms with Gasteiger partial charge in [-0.25, -0.2) is 4.79 Å². The molecular formula is C23H25N3O5S. The Kier molecular flexibility index (Phi) is 6.84. The van der Waals surface area contributed by atoms with Crippen LogP contribution in [0, 0.1) is 0 Å². The number of likely N-dealkylation sites (tertiary alicyclic amines) is 1. The number of aromatic nitrogens is 2. The zero-order chi connectivity index (χ0) is 22.5. The van der Waals surface area contributed by atoms with Gasteiger partial charge in [0, 0.05) is 23.0 Å². The van der Waals surface area contributed by atoms with Crippen molar-refractivity contribution in [3.05, 3.63) is 52.5 Å². The summed E-state index contributed by atoms with van der Waals surface area (Å²) < 4.78 is 16.0. The van der Waals surface area contributed by atoms with E-state index >= 15 is 0 Å². The molecule has 1 aliphatic rings. The largest absolute Gasteiger partial charge is 0.484 e. The minimum atomic E-state index is -0.515. The predicted molar refractivity (Wildman–Crippen MR) is 118 cm³/mol. The Morgan fingerprint density at radius 3 is 2.59 bits per heavy atom. The molecular weight excluding hydrogens is 430 g/mol. The third kappa shape index (κ3) is 5.16. The maximum Gasteiger partial charge on any atom is 0.338 e. The molecule has 0 bridgehead atoms. The first-order valence-electron chi connectivity index (χ1n) is 10.6. The van der Waals surface area contributed by atoms with Crippen molar-refractivity contribution >= 4 is 23.2 Å². The number of nitrogens with zero attached hydrogens (tertiary/aromatic N) is 3. The summed E-state index contributed by atoms with van der Waals surface area (Å²) in [5.74, 6) is 0.666. The molecule has 2 unspecified atom stereocenters. The second kappa shape index (κ2) is 9.95. The first kappa shape index (κ1) is 22.0. The normalized spacial score (nSPS) is 18.4. The van der Waals surface area contributed by atoms with Gasteiger partial charge in [-0.15, -0.1) is 0 Å². The molecule has 1 amide bonds. The number of esters is 1. The summed E-state index contributed by atoms with van der Waals surface area (Å²) in [7, 11) is 0. The molecule has 2 atom stereocenters. The fraction of sp³-hybridized carbons (Fsp3) is 0.391. The average molecular weight is 456 g/mol. The lowest BCUT2D eigenvalue weighted by atomic mass is 9.97. The third-order valence-electron chi connectivity index (χ3n) is 5.51. The van der Waals surface area contributed by atoms with Gasteiger partial charge in [0.05, 0.1) is 5.56 Å². The predicted octanol–water partition coefficient (Wildman–Crippen LogP) is 4.32. The molecule has 168 valence electrons. The van der Waals surface area contributed by atoms with E-state index < -0.39 is 5.97 Å². The van der Waals surface area contributed by atoms with Crippen LogP contribution in [-0.2, 0) is 16.1 Å². The first-order valence-corrected chi connectivity index (χ1v) is 11.5. The number of benzene rings is 1.